The molecule has 0 unspecified atom stereocenters. The fourth-order valence-electron chi connectivity index (χ4n) is 2.01. The molecule has 0 saturated carbocycles. The largest absolute Gasteiger partial charge is 0.395 e. The van der Waals surface area contributed by atoms with Gasteiger partial charge in [-0.1, -0.05) is 11.8 Å². The Bertz CT molecular complexity index is 575. The molecule has 102 valence electrons. The summed E-state index contributed by atoms with van der Waals surface area (Å²) in [4.78, 5) is 0.321. The molecule has 0 aliphatic carbocycles. The number of nitrogens with zero attached hydrogens (tertiary/aromatic N) is 1. The number of aliphatic hydroxyl groups excluding tert-OH is 1. The Morgan fingerprint density at radius 3 is 2.37 bits per heavy atom. The van der Waals surface area contributed by atoms with Gasteiger partial charge in [-0.15, -0.1) is 0 Å². The third kappa shape index (κ3) is 3.35. The van der Waals surface area contributed by atoms with Crippen LogP contribution in [0.3, 0.4) is 0 Å². The Hall–Kier alpha value is -1.35. The molecule has 19 heavy (non-hydrogen) atoms. The maximum atomic E-state index is 12.3. The summed E-state index contributed by atoms with van der Waals surface area (Å²) in [5.74, 6) is 5.68. The Morgan fingerprint density at radius 2 is 1.79 bits per heavy atom. The number of rotatable bonds is 3. The van der Waals surface area contributed by atoms with Gasteiger partial charge in [-0.25, -0.2) is 8.42 Å². The summed E-state index contributed by atoms with van der Waals surface area (Å²) in [6, 6.07) is 6.59. The predicted molar refractivity (Wildman–Crippen MR) is 73.0 cm³/mol. The lowest BCUT2D eigenvalue weighted by Crippen LogP contribution is -2.27. The molecule has 0 aromatic heterocycles. The van der Waals surface area contributed by atoms with Crippen molar-refractivity contribution in [2.45, 2.75) is 24.2 Å². The van der Waals surface area contributed by atoms with E-state index in [9.17, 15) is 8.42 Å². The van der Waals surface area contributed by atoms with E-state index < -0.39 is 10.0 Å². The van der Waals surface area contributed by atoms with Crippen LogP contribution in [0.15, 0.2) is 29.2 Å². The SMILES string of the molecule is O=S(=O)(c1ccc(C#CCCO)cc1)N1CCCC1. The van der Waals surface area contributed by atoms with Gasteiger partial charge < -0.3 is 5.11 Å². The molecule has 5 heteroatoms. The molecule has 4 nitrogen and oxygen atoms in total. The van der Waals surface area contributed by atoms with Gasteiger partial charge >= 0.3 is 0 Å². The van der Waals surface area contributed by atoms with Crippen molar-refractivity contribution in [1.29, 1.82) is 0 Å². The average Bonchev–Trinajstić information content (AvgIpc) is 2.94. The first-order valence-electron chi connectivity index (χ1n) is 6.34. The van der Waals surface area contributed by atoms with Crippen molar-refractivity contribution in [3.05, 3.63) is 29.8 Å². The van der Waals surface area contributed by atoms with Crippen molar-refractivity contribution in [3.8, 4) is 11.8 Å². The van der Waals surface area contributed by atoms with Crippen molar-refractivity contribution < 1.29 is 13.5 Å². The molecule has 1 aromatic carbocycles. The van der Waals surface area contributed by atoms with E-state index in [0.29, 0.717) is 24.4 Å². The van der Waals surface area contributed by atoms with E-state index in [1.54, 1.807) is 24.3 Å². The van der Waals surface area contributed by atoms with Gasteiger partial charge in [-0.2, -0.15) is 4.31 Å². The lowest BCUT2D eigenvalue weighted by Gasteiger charge is -2.15. The highest BCUT2D eigenvalue weighted by Crippen LogP contribution is 2.20. The van der Waals surface area contributed by atoms with Gasteiger partial charge in [-0.3, -0.25) is 0 Å². The standard InChI is InChI=1S/C14H17NO3S/c16-12-4-1-5-13-6-8-14(9-7-13)19(17,18)15-10-2-3-11-15/h6-9,16H,2-4,10-12H2. The van der Waals surface area contributed by atoms with Crippen LogP contribution in [0, 0.1) is 11.8 Å². The monoisotopic (exact) mass is 279 g/mol. The first-order chi connectivity index (χ1) is 9.14. The molecule has 0 bridgehead atoms. The zero-order valence-corrected chi connectivity index (χ0v) is 11.5. The molecule has 1 aliphatic rings. The summed E-state index contributed by atoms with van der Waals surface area (Å²) in [5, 5.41) is 8.63. The summed E-state index contributed by atoms with van der Waals surface area (Å²) in [6.07, 6.45) is 2.29. The molecule has 0 amide bonds. The maximum Gasteiger partial charge on any atom is 0.243 e. The van der Waals surface area contributed by atoms with Crippen LogP contribution in [0.1, 0.15) is 24.8 Å². The third-order valence-electron chi connectivity index (χ3n) is 3.03. The molecule has 1 saturated heterocycles. The minimum Gasteiger partial charge on any atom is -0.395 e. The van der Waals surface area contributed by atoms with Crippen LogP contribution in [0.2, 0.25) is 0 Å². The molecule has 1 fully saturated rings. The van der Waals surface area contributed by atoms with Crippen LogP contribution in [-0.2, 0) is 10.0 Å². The van der Waals surface area contributed by atoms with Gasteiger partial charge in [0.2, 0.25) is 10.0 Å². The molecule has 0 atom stereocenters. The Morgan fingerprint density at radius 1 is 1.16 bits per heavy atom. The molecule has 1 N–H and O–H groups in total. The fraction of sp³-hybridized carbons (Fsp3) is 0.429. The molecular weight excluding hydrogens is 262 g/mol. The Kier molecular flexibility index (Phi) is 4.59. The van der Waals surface area contributed by atoms with Crippen LogP contribution in [0.5, 0.6) is 0 Å². The molecule has 1 aliphatic heterocycles. The molecular formula is C14H17NO3S. The van der Waals surface area contributed by atoms with Gasteiger partial charge in [0.25, 0.3) is 0 Å². The second kappa shape index (κ2) is 6.20. The second-order valence-electron chi connectivity index (χ2n) is 4.41. The summed E-state index contributed by atoms with van der Waals surface area (Å²) < 4.78 is 26.1. The molecule has 0 spiro atoms. The Labute approximate surface area is 114 Å². The zero-order chi connectivity index (χ0) is 13.7. The first-order valence-corrected chi connectivity index (χ1v) is 7.78. The van der Waals surface area contributed by atoms with E-state index in [1.165, 1.54) is 4.31 Å². The summed E-state index contributed by atoms with van der Waals surface area (Å²) in [6.45, 7) is 1.26. The minimum atomic E-state index is -3.34. The van der Waals surface area contributed by atoms with Crippen molar-refractivity contribution in [2.24, 2.45) is 0 Å². The highest BCUT2D eigenvalue weighted by atomic mass is 32.2. The summed E-state index contributed by atoms with van der Waals surface area (Å²) in [7, 11) is -3.34. The van der Waals surface area contributed by atoms with Crippen LogP contribution >= 0.6 is 0 Å². The highest BCUT2D eigenvalue weighted by molar-refractivity contribution is 7.89. The summed E-state index contributed by atoms with van der Waals surface area (Å²) >= 11 is 0. The zero-order valence-electron chi connectivity index (χ0n) is 10.7. The maximum absolute atomic E-state index is 12.3. The number of sulfonamides is 1. The quantitative estimate of drug-likeness (QED) is 0.846. The molecule has 0 radical (unpaired) electrons. The van der Waals surface area contributed by atoms with Gasteiger partial charge in [-0.05, 0) is 37.1 Å². The summed E-state index contributed by atoms with van der Waals surface area (Å²) in [5.41, 5.74) is 0.758. The first kappa shape index (κ1) is 14.1. The smallest absolute Gasteiger partial charge is 0.243 e. The van der Waals surface area contributed by atoms with Crippen LogP contribution in [-0.4, -0.2) is 37.5 Å². The van der Waals surface area contributed by atoms with Crippen LogP contribution in [0.4, 0.5) is 0 Å². The second-order valence-corrected chi connectivity index (χ2v) is 6.35. The lowest BCUT2D eigenvalue weighted by molar-refractivity contribution is 0.305. The molecule has 2 rings (SSSR count). The van der Waals surface area contributed by atoms with E-state index in [4.69, 9.17) is 5.11 Å². The number of hydrogen-bond donors (Lipinski definition) is 1. The van der Waals surface area contributed by atoms with Gasteiger partial charge in [0.15, 0.2) is 0 Å². The van der Waals surface area contributed by atoms with E-state index >= 15 is 0 Å². The van der Waals surface area contributed by atoms with Gasteiger partial charge in [0, 0.05) is 25.1 Å². The minimum absolute atomic E-state index is 0.0361. The topological polar surface area (TPSA) is 57.6 Å². The van der Waals surface area contributed by atoms with Crippen molar-refractivity contribution in [2.75, 3.05) is 19.7 Å². The van der Waals surface area contributed by atoms with Gasteiger partial charge in [0.05, 0.1) is 11.5 Å². The van der Waals surface area contributed by atoms with Crippen molar-refractivity contribution >= 4 is 10.0 Å². The highest BCUT2D eigenvalue weighted by Gasteiger charge is 2.26. The van der Waals surface area contributed by atoms with E-state index in [2.05, 4.69) is 11.8 Å². The normalized spacial score (nSPS) is 16.1. The average molecular weight is 279 g/mol. The number of aliphatic hydroxyl groups is 1. The van der Waals surface area contributed by atoms with Crippen molar-refractivity contribution in [1.82, 2.24) is 4.31 Å². The van der Waals surface area contributed by atoms with Crippen LogP contribution in [0.25, 0.3) is 0 Å². The van der Waals surface area contributed by atoms with Gasteiger partial charge in [0.1, 0.15) is 0 Å². The lowest BCUT2D eigenvalue weighted by atomic mass is 10.2. The Balaban J connectivity index is 2.16. The van der Waals surface area contributed by atoms with E-state index in [-0.39, 0.29) is 6.61 Å². The van der Waals surface area contributed by atoms with Crippen LogP contribution < -0.4 is 0 Å². The van der Waals surface area contributed by atoms with Crippen molar-refractivity contribution in [3.63, 3.8) is 0 Å². The molecule has 1 heterocycles. The predicted octanol–water partition coefficient (Wildman–Crippen LogP) is 1.21. The third-order valence-corrected chi connectivity index (χ3v) is 4.94. The number of hydrogen-bond acceptors (Lipinski definition) is 3. The van der Waals surface area contributed by atoms with E-state index in [0.717, 1.165) is 18.4 Å². The number of benzene rings is 1. The fourth-order valence-corrected chi connectivity index (χ4v) is 3.53. The van der Waals surface area contributed by atoms with E-state index in [1.807, 2.05) is 0 Å². The molecule has 1 aromatic rings.